The third-order valence-corrected chi connectivity index (χ3v) is 7.12. The lowest BCUT2D eigenvalue weighted by Crippen LogP contribution is -2.60. The summed E-state index contributed by atoms with van der Waals surface area (Å²) in [4.78, 5) is 13.3. The summed E-state index contributed by atoms with van der Waals surface area (Å²) in [5.74, 6) is 0.892. The Hall–Kier alpha value is -0.0600. The summed E-state index contributed by atoms with van der Waals surface area (Å²) in [6.07, 6.45) is 7.10. The molecule has 2 N–H and O–H groups in total. The van der Waals surface area contributed by atoms with E-state index in [-0.39, 0.29) is 11.6 Å². The van der Waals surface area contributed by atoms with E-state index in [9.17, 15) is 4.79 Å². The summed E-state index contributed by atoms with van der Waals surface area (Å²) >= 11 is 1.92. The Morgan fingerprint density at radius 2 is 1.52 bits per heavy atom. The van der Waals surface area contributed by atoms with Gasteiger partial charge in [0.05, 0.1) is 11.6 Å². The van der Waals surface area contributed by atoms with Gasteiger partial charge in [-0.15, -0.1) is 0 Å². The third-order valence-electron chi connectivity index (χ3n) is 6.12. The molecule has 150 valence electrons. The second-order valence-electron chi connectivity index (χ2n) is 8.06. The van der Waals surface area contributed by atoms with Crippen LogP contribution in [0.25, 0.3) is 0 Å². The first kappa shape index (κ1) is 24.9. The zero-order valence-corrected chi connectivity index (χ0v) is 19.1. The predicted molar refractivity (Wildman–Crippen MR) is 115 cm³/mol. The van der Waals surface area contributed by atoms with Crippen molar-refractivity contribution < 1.29 is 4.79 Å². The monoisotopic (exact) mass is 372 g/mol. The van der Waals surface area contributed by atoms with Gasteiger partial charge in [0.25, 0.3) is 0 Å². The van der Waals surface area contributed by atoms with Crippen molar-refractivity contribution in [2.24, 2.45) is 5.92 Å². The topological polar surface area (TPSA) is 41.1 Å². The summed E-state index contributed by atoms with van der Waals surface area (Å²) < 4.78 is 0. The molecular weight excluding hydrogens is 328 g/mol. The van der Waals surface area contributed by atoms with Gasteiger partial charge in [0.15, 0.2) is 5.78 Å². The highest BCUT2D eigenvalue weighted by molar-refractivity contribution is 7.99. The fourth-order valence-corrected chi connectivity index (χ4v) is 4.03. The molecule has 0 fully saturated rings. The maximum absolute atomic E-state index is 13.3. The Bertz CT molecular complexity index is 378. The van der Waals surface area contributed by atoms with Crippen LogP contribution in [0.1, 0.15) is 87.5 Å². The summed E-state index contributed by atoms with van der Waals surface area (Å²) in [6, 6.07) is -0.127. The van der Waals surface area contributed by atoms with E-state index in [0.29, 0.717) is 17.0 Å². The second kappa shape index (κ2) is 11.6. The van der Waals surface area contributed by atoms with Gasteiger partial charge >= 0.3 is 0 Å². The van der Waals surface area contributed by atoms with Crippen molar-refractivity contribution >= 4 is 17.5 Å². The standard InChI is InChI=1S/C21H44N2OS/c1-10-20(8,11-2)23-18(7)19(24)21(12-3,13-4)22-15-16(5)14-17(6)25-9/h16-18,22-23H,10-15H2,1-9H3. The number of carbonyl (C=O) groups excluding carboxylic acids is 1. The summed E-state index contributed by atoms with van der Waals surface area (Å²) in [5.41, 5.74) is -0.380. The van der Waals surface area contributed by atoms with Crippen molar-refractivity contribution in [1.29, 1.82) is 0 Å². The number of nitrogens with one attached hydrogen (secondary N) is 2. The molecule has 0 aliphatic carbocycles. The average Bonchev–Trinajstić information content (AvgIpc) is 2.62. The number of hydrogen-bond donors (Lipinski definition) is 2. The van der Waals surface area contributed by atoms with E-state index in [1.54, 1.807) is 0 Å². The van der Waals surface area contributed by atoms with Crippen LogP contribution in [0.4, 0.5) is 0 Å². The van der Waals surface area contributed by atoms with Crippen molar-refractivity contribution in [3.8, 4) is 0 Å². The lowest BCUT2D eigenvalue weighted by atomic mass is 9.82. The molecule has 25 heavy (non-hydrogen) atoms. The van der Waals surface area contributed by atoms with E-state index < -0.39 is 5.54 Å². The van der Waals surface area contributed by atoms with Crippen molar-refractivity contribution in [1.82, 2.24) is 10.6 Å². The molecule has 0 aromatic rings. The Morgan fingerprint density at radius 3 is 1.92 bits per heavy atom. The minimum absolute atomic E-state index is 0.0311. The second-order valence-corrected chi connectivity index (χ2v) is 9.33. The Balaban J connectivity index is 5.01. The molecule has 3 unspecified atom stereocenters. The van der Waals surface area contributed by atoms with E-state index in [4.69, 9.17) is 0 Å². The quantitative estimate of drug-likeness (QED) is 0.448. The predicted octanol–water partition coefficient (Wildman–Crippen LogP) is 5.04. The molecule has 3 nitrogen and oxygen atoms in total. The normalized spacial score (nSPS) is 16.5. The molecule has 0 rings (SSSR count). The van der Waals surface area contributed by atoms with Crippen LogP contribution in [0.5, 0.6) is 0 Å². The summed E-state index contributed by atoms with van der Waals surface area (Å²) in [5, 5.41) is 7.94. The third kappa shape index (κ3) is 7.60. The van der Waals surface area contributed by atoms with Crippen LogP contribution in [0.2, 0.25) is 0 Å². The van der Waals surface area contributed by atoms with E-state index >= 15 is 0 Å². The smallest absolute Gasteiger partial charge is 0.169 e. The van der Waals surface area contributed by atoms with Crippen LogP contribution in [0, 0.1) is 5.92 Å². The van der Waals surface area contributed by atoms with Crippen LogP contribution in [0.15, 0.2) is 0 Å². The number of thioether (sulfide) groups is 1. The first-order valence-corrected chi connectivity index (χ1v) is 11.5. The minimum atomic E-state index is -0.411. The zero-order chi connectivity index (χ0) is 19.7. The van der Waals surface area contributed by atoms with Gasteiger partial charge in [-0.3, -0.25) is 4.79 Å². The molecule has 0 radical (unpaired) electrons. The molecule has 0 saturated heterocycles. The molecule has 4 heteroatoms. The van der Waals surface area contributed by atoms with Gasteiger partial charge in [0, 0.05) is 10.8 Å². The van der Waals surface area contributed by atoms with Crippen molar-refractivity contribution in [2.45, 2.75) is 110 Å². The average molecular weight is 373 g/mol. The molecule has 0 heterocycles. The Morgan fingerprint density at radius 1 is 1.00 bits per heavy atom. The highest BCUT2D eigenvalue weighted by Crippen LogP contribution is 2.23. The maximum atomic E-state index is 13.3. The van der Waals surface area contributed by atoms with E-state index in [1.807, 2.05) is 18.7 Å². The van der Waals surface area contributed by atoms with Gasteiger partial charge in [0.2, 0.25) is 0 Å². The molecule has 0 aliphatic rings. The molecule has 0 aromatic carbocycles. The van der Waals surface area contributed by atoms with Crippen molar-refractivity contribution in [2.75, 3.05) is 12.8 Å². The first-order valence-electron chi connectivity index (χ1n) is 10.2. The molecule has 0 amide bonds. The van der Waals surface area contributed by atoms with Gasteiger partial charge in [-0.05, 0) is 64.7 Å². The largest absolute Gasteiger partial charge is 0.305 e. The molecule has 0 aromatic heterocycles. The van der Waals surface area contributed by atoms with Gasteiger partial charge < -0.3 is 10.6 Å². The number of Topliss-reactive ketones (excluding diaryl/α,β-unsaturated/α-hetero) is 1. The van der Waals surface area contributed by atoms with Crippen LogP contribution in [-0.4, -0.2) is 41.0 Å². The minimum Gasteiger partial charge on any atom is -0.305 e. The van der Waals surface area contributed by atoms with E-state index in [1.165, 1.54) is 6.42 Å². The molecule has 0 aliphatic heterocycles. The van der Waals surface area contributed by atoms with Crippen LogP contribution < -0.4 is 10.6 Å². The highest BCUT2D eigenvalue weighted by Gasteiger charge is 2.38. The summed E-state index contributed by atoms with van der Waals surface area (Å²) in [7, 11) is 0. The number of hydrogen-bond acceptors (Lipinski definition) is 4. The lowest BCUT2D eigenvalue weighted by Gasteiger charge is -2.38. The maximum Gasteiger partial charge on any atom is 0.169 e. The first-order chi connectivity index (χ1) is 11.6. The molecule has 0 bridgehead atoms. The molecular formula is C21H44N2OS. The number of carbonyl (C=O) groups is 1. The Kier molecular flexibility index (Phi) is 11.6. The van der Waals surface area contributed by atoms with Crippen LogP contribution >= 0.6 is 11.8 Å². The van der Waals surface area contributed by atoms with Gasteiger partial charge in [-0.1, -0.05) is 41.5 Å². The number of ketones is 1. The number of rotatable bonds is 14. The van der Waals surface area contributed by atoms with E-state index in [2.05, 4.69) is 65.4 Å². The fraction of sp³-hybridized carbons (Fsp3) is 0.952. The van der Waals surface area contributed by atoms with Crippen molar-refractivity contribution in [3.63, 3.8) is 0 Å². The lowest BCUT2D eigenvalue weighted by molar-refractivity contribution is -0.128. The summed E-state index contributed by atoms with van der Waals surface area (Å²) in [6.45, 7) is 18.4. The van der Waals surface area contributed by atoms with Crippen LogP contribution in [0.3, 0.4) is 0 Å². The molecule has 0 spiro atoms. The van der Waals surface area contributed by atoms with Crippen LogP contribution in [-0.2, 0) is 4.79 Å². The van der Waals surface area contributed by atoms with Crippen molar-refractivity contribution in [3.05, 3.63) is 0 Å². The highest BCUT2D eigenvalue weighted by atomic mass is 32.2. The molecule has 0 saturated carbocycles. The zero-order valence-electron chi connectivity index (χ0n) is 18.3. The van der Waals surface area contributed by atoms with Gasteiger partial charge in [-0.25, -0.2) is 0 Å². The van der Waals surface area contributed by atoms with Gasteiger partial charge in [-0.2, -0.15) is 11.8 Å². The van der Waals surface area contributed by atoms with E-state index in [0.717, 1.165) is 32.2 Å². The fourth-order valence-electron chi connectivity index (χ4n) is 3.51. The van der Waals surface area contributed by atoms with Gasteiger partial charge in [0.1, 0.15) is 0 Å². The molecule has 3 atom stereocenters. The SMILES string of the molecule is CCC(C)(CC)NC(C)C(=O)C(CC)(CC)NCC(C)CC(C)SC. The Labute approximate surface area is 161 Å².